The second kappa shape index (κ2) is 4.75. The number of hydrogen-bond donors (Lipinski definition) is 2. The van der Waals surface area contributed by atoms with Gasteiger partial charge in [-0.2, -0.15) is 0 Å². The maximum Gasteiger partial charge on any atom is 0.240 e. The van der Waals surface area contributed by atoms with Gasteiger partial charge < -0.3 is 5.32 Å². The van der Waals surface area contributed by atoms with Crippen molar-refractivity contribution in [3.8, 4) is 0 Å². The number of hydrogen-bond acceptors (Lipinski definition) is 3. The monoisotopic (exact) mass is 200 g/mol. The standard InChI is InChI=1S/C10H20N2O2/c1-8(13)12-14-10(2,3)9-5-4-6-11-7-9/h9,11H,4-7H2,1-3H3,(H,12,13). The van der Waals surface area contributed by atoms with Crippen LogP contribution in [-0.2, 0) is 9.63 Å². The molecule has 4 nitrogen and oxygen atoms in total. The lowest BCUT2D eigenvalue weighted by Gasteiger charge is -2.36. The minimum Gasteiger partial charge on any atom is -0.316 e. The largest absolute Gasteiger partial charge is 0.316 e. The molecule has 0 saturated carbocycles. The van der Waals surface area contributed by atoms with Crippen LogP contribution in [0.2, 0.25) is 0 Å². The summed E-state index contributed by atoms with van der Waals surface area (Å²) in [5.74, 6) is 0.310. The maximum atomic E-state index is 10.7. The van der Waals surface area contributed by atoms with Crippen LogP contribution >= 0.6 is 0 Å². The first-order valence-electron chi connectivity index (χ1n) is 5.17. The minimum absolute atomic E-state index is 0.151. The Kier molecular flexibility index (Phi) is 3.89. The van der Waals surface area contributed by atoms with E-state index in [-0.39, 0.29) is 11.5 Å². The first-order chi connectivity index (χ1) is 6.52. The fourth-order valence-electron chi connectivity index (χ4n) is 1.73. The van der Waals surface area contributed by atoms with Crippen LogP contribution in [0.1, 0.15) is 33.6 Å². The maximum absolute atomic E-state index is 10.7. The zero-order chi connectivity index (χ0) is 10.6. The number of carbonyl (C=O) groups is 1. The van der Waals surface area contributed by atoms with Crippen LogP contribution in [0.25, 0.3) is 0 Å². The Morgan fingerprint density at radius 2 is 2.29 bits per heavy atom. The van der Waals surface area contributed by atoms with Gasteiger partial charge in [-0.1, -0.05) is 0 Å². The summed E-state index contributed by atoms with van der Waals surface area (Å²) in [7, 11) is 0. The van der Waals surface area contributed by atoms with Crippen molar-refractivity contribution < 1.29 is 9.63 Å². The smallest absolute Gasteiger partial charge is 0.240 e. The highest BCUT2D eigenvalue weighted by Gasteiger charge is 2.32. The van der Waals surface area contributed by atoms with E-state index in [1.54, 1.807) is 0 Å². The van der Waals surface area contributed by atoms with Gasteiger partial charge >= 0.3 is 0 Å². The normalized spacial score (nSPS) is 23.2. The first kappa shape index (κ1) is 11.5. The lowest BCUT2D eigenvalue weighted by Crippen LogP contribution is -2.47. The second-order valence-electron chi connectivity index (χ2n) is 4.41. The van der Waals surface area contributed by atoms with Gasteiger partial charge in [0, 0.05) is 19.4 Å². The number of amides is 1. The molecule has 0 spiro atoms. The van der Waals surface area contributed by atoms with E-state index >= 15 is 0 Å². The number of carbonyl (C=O) groups excluding carboxylic acids is 1. The Balaban J connectivity index is 2.41. The molecule has 1 amide bonds. The molecule has 1 fully saturated rings. The molecule has 1 rings (SSSR count). The Hall–Kier alpha value is -0.610. The Bertz CT molecular complexity index is 198. The summed E-state index contributed by atoms with van der Waals surface area (Å²) in [5.41, 5.74) is 2.12. The van der Waals surface area contributed by atoms with Crippen LogP contribution in [0, 0.1) is 5.92 Å². The van der Waals surface area contributed by atoms with Gasteiger partial charge in [0.25, 0.3) is 0 Å². The number of hydroxylamine groups is 1. The third-order valence-electron chi connectivity index (χ3n) is 2.74. The minimum atomic E-state index is -0.293. The van der Waals surface area contributed by atoms with Gasteiger partial charge in [0.2, 0.25) is 5.91 Å². The Morgan fingerprint density at radius 3 is 2.79 bits per heavy atom. The molecule has 0 aliphatic carbocycles. The predicted molar refractivity (Wildman–Crippen MR) is 54.6 cm³/mol. The van der Waals surface area contributed by atoms with Gasteiger partial charge in [-0.3, -0.25) is 9.63 Å². The zero-order valence-corrected chi connectivity index (χ0v) is 9.22. The quantitative estimate of drug-likeness (QED) is 0.663. The predicted octanol–water partition coefficient (Wildman–Crippen LogP) is 0.832. The molecule has 1 aliphatic rings. The van der Waals surface area contributed by atoms with Gasteiger partial charge in [0.15, 0.2) is 0 Å². The van der Waals surface area contributed by atoms with E-state index in [1.807, 2.05) is 13.8 Å². The molecule has 0 aromatic heterocycles. The fourth-order valence-corrected chi connectivity index (χ4v) is 1.73. The molecular formula is C10H20N2O2. The van der Waals surface area contributed by atoms with Gasteiger partial charge in [0.05, 0.1) is 5.60 Å². The summed E-state index contributed by atoms with van der Waals surface area (Å²) in [4.78, 5) is 16.1. The van der Waals surface area contributed by atoms with Gasteiger partial charge in [-0.05, 0) is 33.2 Å². The lowest BCUT2D eigenvalue weighted by molar-refractivity contribution is -0.155. The molecule has 0 bridgehead atoms. The van der Waals surface area contributed by atoms with Crippen molar-refractivity contribution in [3.63, 3.8) is 0 Å². The van der Waals surface area contributed by atoms with Crippen LogP contribution in [0.3, 0.4) is 0 Å². The second-order valence-corrected chi connectivity index (χ2v) is 4.41. The number of piperidine rings is 1. The molecule has 1 unspecified atom stereocenters. The zero-order valence-electron chi connectivity index (χ0n) is 9.22. The third kappa shape index (κ3) is 3.27. The van der Waals surface area contributed by atoms with Gasteiger partial charge in [0.1, 0.15) is 0 Å². The van der Waals surface area contributed by atoms with Gasteiger partial charge in [-0.25, -0.2) is 5.48 Å². The van der Waals surface area contributed by atoms with Crippen LogP contribution in [-0.4, -0.2) is 24.6 Å². The number of rotatable bonds is 3. The Labute approximate surface area is 85.3 Å². The van der Waals surface area contributed by atoms with Crippen molar-refractivity contribution in [2.24, 2.45) is 5.92 Å². The number of nitrogens with one attached hydrogen (secondary N) is 2. The highest BCUT2D eigenvalue weighted by molar-refractivity contribution is 5.71. The average molecular weight is 200 g/mol. The summed E-state index contributed by atoms with van der Waals surface area (Å²) in [5, 5.41) is 3.34. The van der Waals surface area contributed by atoms with E-state index in [1.165, 1.54) is 13.3 Å². The van der Waals surface area contributed by atoms with Crippen molar-refractivity contribution in [2.45, 2.75) is 39.2 Å². The summed E-state index contributed by atoms with van der Waals surface area (Å²) in [6.45, 7) is 7.54. The van der Waals surface area contributed by atoms with E-state index in [4.69, 9.17) is 4.84 Å². The van der Waals surface area contributed by atoms with Crippen LogP contribution in [0.4, 0.5) is 0 Å². The SMILES string of the molecule is CC(=O)NOC(C)(C)C1CCCNC1. The molecule has 0 aromatic carbocycles. The molecule has 0 radical (unpaired) electrons. The first-order valence-corrected chi connectivity index (χ1v) is 5.17. The Morgan fingerprint density at radius 1 is 1.57 bits per heavy atom. The fraction of sp³-hybridized carbons (Fsp3) is 0.900. The van der Waals surface area contributed by atoms with E-state index in [2.05, 4.69) is 10.8 Å². The molecular weight excluding hydrogens is 180 g/mol. The molecule has 14 heavy (non-hydrogen) atoms. The van der Waals surface area contributed by atoms with Gasteiger partial charge in [-0.15, -0.1) is 0 Å². The van der Waals surface area contributed by atoms with Crippen molar-refractivity contribution in [1.29, 1.82) is 0 Å². The van der Waals surface area contributed by atoms with Crippen molar-refractivity contribution in [1.82, 2.24) is 10.8 Å². The van der Waals surface area contributed by atoms with E-state index in [0.717, 1.165) is 19.5 Å². The molecule has 4 heteroatoms. The van der Waals surface area contributed by atoms with E-state index in [9.17, 15) is 4.79 Å². The summed E-state index contributed by atoms with van der Waals surface area (Å²) in [6, 6.07) is 0. The molecule has 1 aliphatic heterocycles. The highest BCUT2D eigenvalue weighted by Crippen LogP contribution is 2.26. The molecule has 1 atom stereocenters. The van der Waals surface area contributed by atoms with Crippen LogP contribution < -0.4 is 10.8 Å². The molecule has 2 N–H and O–H groups in total. The van der Waals surface area contributed by atoms with Crippen molar-refractivity contribution in [3.05, 3.63) is 0 Å². The molecule has 0 aromatic rings. The van der Waals surface area contributed by atoms with Crippen LogP contribution in [0.15, 0.2) is 0 Å². The lowest BCUT2D eigenvalue weighted by atomic mass is 9.85. The third-order valence-corrected chi connectivity index (χ3v) is 2.74. The highest BCUT2D eigenvalue weighted by atomic mass is 16.7. The topological polar surface area (TPSA) is 50.4 Å². The molecule has 1 saturated heterocycles. The van der Waals surface area contributed by atoms with Crippen LogP contribution in [0.5, 0.6) is 0 Å². The summed E-state index contributed by atoms with van der Waals surface area (Å²) < 4.78 is 0. The van der Waals surface area contributed by atoms with Crippen molar-refractivity contribution >= 4 is 5.91 Å². The molecule has 82 valence electrons. The average Bonchev–Trinajstić information content (AvgIpc) is 2.16. The van der Waals surface area contributed by atoms with E-state index in [0.29, 0.717) is 5.92 Å². The summed E-state index contributed by atoms with van der Waals surface area (Å²) in [6.07, 6.45) is 2.33. The van der Waals surface area contributed by atoms with E-state index < -0.39 is 0 Å². The summed E-state index contributed by atoms with van der Waals surface area (Å²) >= 11 is 0. The van der Waals surface area contributed by atoms with Crippen molar-refractivity contribution in [2.75, 3.05) is 13.1 Å². The molecule has 1 heterocycles.